The van der Waals surface area contributed by atoms with E-state index < -0.39 is 6.04 Å². The number of aryl methyl sites for hydroxylation is 1. The van der Waals surface area contributed by atoms with Crippen LogP contribution >= 0.6 is 0 Å². The predicted octanol–water partition coefficient (Wildman–Crippen LogP) is 1.97. The van der Waals surface area contributed by atoms with Crippen molar-refractivity contribution in [3.8, 4) is 0 Å². The van der Waals surface area contributed by atoms with Crippen LogP contribution in [-0.2, 0) is 0 Å². The number of benzene rings is 1. The minimum atomic E-state index is -0.623. The summed E-state index contributed by atoms with van der Waals surface area (Å²) in [5.74, 6) is 0.0925. The molecule has 2 rings (SSSR count). The zero-order valence-electron chi connectivity index (χ0n) is 8.89. The first-order valence-corrected chi connectivity index (χ1v) is 4.97. The van der Waals surface area contributed by atoms with E-state index in [1.54, 1.807) is 30.6 Å². The van der Waals surface area contributed by atoms with Gasteiger partial charge in [-0.2, -0.15) is 0 Å². The standard InChI is InChI=1S/C12H12FN3/c1-8-6-15-12(16-7-8)11(14)9-4-2-3-5-10(9)13/h2-7,11H,14H2,1H3. The highest BCUT2D eigenvalue weighted by Crippen LogP contribution is 2.18. The molecule has 1 atom stereocenters. The molecule has 82 valence electrons. The molecule has 0 amide bonds. The van der Waals surface area contributed by atoms with Crippen molar-refractivity contribution in [2.75, 3.05) is 0 Å². The smallest absolute Gasteiger partial charge is 0.149 e. The Kier molecular flexibility index (Phi) is 2.92. The van der Waals surface area contributed by atoms with Crippen molar-refractivity contribution in [3.63, 3.8) is 0 Å². The van der Waals surface area contributed by atoms with Crippen molar-refractivity contribution in [1.82, 2.24) is 9.97 Å². The van der Waals surface area contributed by atoms with E-state index in [1.807, 2.05) is 6.92 Å². The second kappa shape index (κ2) is 4.37. The molecule has 1 unspecified atom stereocenters. The molecule has 0 radical (unpaired) electrons. The third-order valence-electron chi connectivity index (χ3n) is 2.32. The van der Waals surface area contributed by atoms with Crippen LogP contribution < -0.4 is 5.73 Å². The van der Waals surface area contributed by atoms with Crippen LogP contribution in [0.25, 0.3) is 0 Å². The number of hydrogen-bond acceptors (Lipinski definition) is 3. The van der Waals surface area contributed by atoms with Gasteiger partial charge in [0.2, 0.25) is 0 Å². The molecule has 2 N–H and O–H groups in total. The van der Waals surface area contributed by atoms with Gasteiger partial charge in [-0.1, -0.05) is 18.2 Å². The monoisotopic (exact) mass is 217 g/mol. The van der Waals surface area contributed by atoms with Gasteiger partial charge in [0, 0.05) is 18.0 Å². The fraction of sp³-hybridized carbons (Fsp3) is 0.167. The maximum atomic E-state index is 13.5. The molecule has 1 heterocycles. The second-order valence-electron chi connectivity index (χ2n) is 3.62. The minimum absolute atomic E-state index is 0.334. The molecule has 1 aromatic carbocycles. The molecule has 0 aliphatic heterocycles. The van der Waals surface area contributed by atoms with Gasteiger partial charge in [0.1, 0.15) is 11.6 Å². The van der Waals surface area contributed by atoms with Crippen molar-refractivity contribution < 1.29 is 4.39 Å². The Morgan fingerprint density at radius 3 is 2.44 bits per heavy atom. The summed E-state index contributed by atoms with van der Waals surface area (Å²) in [5, 5.41) is 0. The van der Waals surface area contributed by atoms with Gasteiger partial charge in [-0.15, -0.1) is 0 Å². The lowest BCUT2D eigenvalue weighted by Gasteiger charge is -2.11. The van der Waals surface area contributed by atoms with Gasteiger partial charge in [-0.3, -0.25) is 0 Å². The Balaban J connectivity index is 2.35. The SMILES string of the molecule is Cc1cnc(C(N)c2ccccc2F)nc1. The summed E-state index contributed by atoms with van der Waals surface area (Å²) in [6, 6.07) is 5.77. The fourth-order valence-corrected chi connectivity index (χ4v) is 1.43. The Labute approximate surface area is 93.2 Å². The summed E-state index contributed by atoms with van der Waals surface area (Å²) >= 11 is 0. The first-order valence-electron chi connectivity index (χ1n) is 4.97. The first kappa shape index (κ1) is 10.7. The van der Waals surface area contributed by atoms with Gasteiger partial charge in [0.15, 0.2) is 0 Å². The summed E-state index contributed by atoms with van der Waals surface area (Å²) < 4.78 is 13.5. The number of halogens is 1. The minimum Gasteiger partial charge on any atom is -0.318 e. The molecule has 0 bridgehead atoms. The number of nitrogens with two attached hydrogens (primary N) is 1. The van der Waals surface area contributed by atoms with E-state index in [0.717, 1.165) is 5.56 Å². The number of hydrogen-bond donors (Lipinski definition) is 1. The summed E-state index contributed by atoms with van der Waals surface area (Å²) in [5.41, 5.74) is 7.26. The highest BCUT2D eigenvalue weighted by atomic mass is 19.1. The van der Waals surface area contributed by atoms with Crippen LogP contribution in [0.4, 0.5) is 4.39 Å². The maximum absolute atomic E-state index is 13.5. The van der Waals surface area contributed by atoms with Crippen molar-refractivity contribution in [2.24, 2.45) is 5.73 Å². The largest absolute Gasteiger partial charge is 0.318 e. The number of nitrogens with zero attached hydrogens (tertiary/aromatic N) is 2. The quantitative estimate of drug-likeness (QED) is 0.836. The second-order valence-corrected chi connectivity index (χ2v) is 3.62. The van der Waals surface area contributed by atoms with Crippen LogP contribution in [0.5, 0.6) is 0 Å². The van der Waals surface area contributed by atoms with E-state index in [9.17, 15) is 4.39 Å². The molecule has 4 heteroatoms. The van der Waals surface area contributed by atoms with Crippen LogP contribution in [0.2, 0.25) is 0 Å². The Morgan fingerprint density at radius 1 is 1.19 bits per heavy atom. The van der Waals surface area contributed by atoms with Gasteiger partial charge in [0.05, 0.1) is 6.04 Å². The lowest BCUT2D eigenvalue weighted by molar-refractivity contribution is 0.593. The third-order valence-corrected chi connectivity index (χ3v) is 2.32. The average Bonchev–Trinajstić information content (AvgIpc) is 2.30. The lowest BCUT2D eigenvalue weighted by atomic mass is 10.1. The van der Waals surface area contributed by atoms with Crippen molar-refractivity contribution in [3.05, 3.63) is 59.4 Å². The van der Waals surface area contributed by atoms with E-state index in [1.165, 1.54) is 6.07 Å². The Bertz CT molecular complexity index is 482. The molecule has 3 nitrogen and oxygen atoms in total. The van der Waals surface area contributed by atoms with Crippen LogP contribution in [0.1, 0.15) is 23.0 Å². The van der Waals surface area contributed by atoms with Crippen LogP contribution in [0.15, 0.2) is 36.7 Å². The topological polar surface area (TPSA) is 51.8 Å². The highest BCUT2D eigenvalue weighted by Gasteiger charge is 2.15. The predicted molar refractivity (Wildman–Crippen MR) is 59.2 cm³/mol. The fourth-order valence-electron chi connectivity index (χ4n) is 1.43. The summed E-state index contributed by atoms with van der Waals surface area (Å²) in [6.45, 7) is 1.89. The van der Waals surface area contributed by atoms with E-state index in [0.29, 0.717) is 11.4 Å². The van der Waals surface area contributed by atoms with Gasteiger partial charge in [0.25, 0.3) is 0 Å². The molecule has 0 saturated heterocycles. The average molecular weight is 217 g/mol. The van der Waals surface area contributed by atoms with Crippen LogP contribution in [0.3, 0.4) is 0 Å². The molecular weight excluding hydrogens is 205 g/mol. The zero-order valence-corrected chi connectivity index (χ0v) is 8.89. The first-order chi connectivity index (χ1) is 7.68. The number of aromatic nitrogens is 2. The van der Waals surface area contributed by atoms with E-state index in [4.69, 9.17) is 5.73 Å². The third kappa shape index (κ3) is 2.06. The van der Waals surface area contributed by atoms with Crippen LogP contribution in [-0.4, -0.2) is 9.97 Å². The zero-order chi connectivity index (χ0) is 11.5. The summed E-state index contributed by atoms with van der Waals surface area (Å²) in [6.07, 6.45) is 3.34. The van der Waals surface area contributed by atoms with Crippen molar-refractivity contribution >= 4 is 0 Å². The number of rotatable bonds is 2. The van der Waals surface area contributed by atoms with Crippen LogP contribution in [0, 0.1) is 12.7 Å². The highest BCUT2D eigenvalue weighted by molar-refractivity contribution is 5.25. The normalized spacial score (nSPS) is 12.4. The van der Waals surface area contributed by atoms with E-state index in [2.05, 4.69) is 9.97 Å². The molecular formula is C12H12FN3. The van der Waals surface area contributed by atoms with Gasteiger partial charge >= 0.3 is 0 Å². The van der Waals surface area contributed by atoms with Gasteiger partial charge < -0.3 is 5.73 Å². The van der Waals surface area contributed by atoms with Crippen molar-refractivity contribution in [2.45, 2.75) is 13.0 Å². The molecule has 2 aromatic rings. The summed E-state index contributed by atoms with van der Waals surface area (Å²) in [4.78, 5) is 8.19. The molecule has 1 aromatic heterocycles. The molecule has 0 spiro atoms. The van der Waals surface area contributed by atoms with E-state index in [-0.39, 0.29) is 5.82 Å². The Hall–Kier alpha value is -1.81. The van der Waals surface area contributed by atoms with E-state index >= 15 is 0 Å². The molecule has 16 heavy (non-hydrogen) atoms. The summed E-state index contributed by atoms with van der Waals surface area (Å²) in [7, 11) is 0. The molecule has 0 aliphatic rings. The van der Waals surface area contributed by atoms with Gasteiger partial charge in [-0.25, -0.2) is 14.4 Å². The molecule has 0 aliphatic carbocycles. The van der Waals surface area contributed by atoms with Crippen molar-refractivity contribution in [1.29, 1.82) is 0 Å². The maximum Gasteiger partial charge on any atom is 0.149 e. The Morgan fingerprint density at radius 2 is 1.81 bits per heavy atom. The molecule has 0 saturated carbocycles. The van der Waals surface area contributed by atoms with Gasteiger partial charge in [-0.05, 0) is 18.6 Å². The lowest BCUT2D eigenvalue weighted by Crippen LogP contribution is -2.16. The molecule has 0 fully saturated rings.